The van der Waals surface area contributed by atoms with E-state index in [1.807, 2.05) is 6.07 Å². The fourth-order valence-corrected chi connectivity index (χ4v) is 14.3. The molecule has 0 unspecified atom stereocenters. The number of allylic oxidation sites excluding steroid dienone is 2. The van der Waals surface area contributed by atoms with Crippen LogP contribution in [0.2, 0.25) is 0 Å². The Hall–Kier alpha value is -3.59. The van der Waals surface area contributed by atoms with Gasteiger partial charge < -0.3 is 14.8 Å². The lowest BCUT2D eigenvalue weighted by Crippen LogP contribution is -2.65. The Morgan fingerprint density at radius 2 is 1.60 bits per heavy atom. The van der Waals surface area contributed by atoms with Crippen LogP contribution < -0.4 is 9.46 Å². The average Bonchev–Trinajstić information content (AvgIpc) is 3.47. The molecule has 0 radical (unpaired) electrons. The van der Waals surface area contributed by atoms with Crippen molar-refractivity contribution in [3.63, 3.8) is 0 Å². The number of H-pyrrole nitrogens is 1. The standard InChI is InChI=1S/C44H56N2O6S/c1-39(2)20-22-44(38(49)46-53(50,51)27-14-12-26(52-8)13-15-27)23-21-42(6)31(32(44)25-39)16-17-34-41(5)24-30-28-10-9-11-29(37(47)48)35(28)45-36(30)40(3,4)33(41)18-19-43(34,42)7/h9-16,32-34,45H,17-25H2,1-8H3,(H,46,49)(H,47,48)/t32-,33-,34+,41-,42+,43+,44-/m0/s1. The van der Waals surface area contributed by atoms with Gasteiger partial charge in [-0.1, -0.05) is 72.2 Å². The highest BCUT2D eigenvalue weighted by Gasteiger charge is 2.69. The van der Waals surface area contributed by atoms with E-state index in [0.29, 0.717) is 36.0 Å². The molecule has 53 heavy (non-hydrogen) atoms. The Kier molecular flexibility index (Phi) is 7.87. The number of ether oxygens (including phenoxy) is 1. The fraction of sp³-hybridized carbons (Fsp3) is 0.591. The maximum atomic E-state index is 14.6. The molecule has 3 saturated carbocycles. The van der Waals surface area contributed by atoms with Gasteiger partial charge in [0.25, 0.3) is 10.0 Å². The number of carbonyl (C=O) groups is 2. The molecule has 3 N–H and O–H groups in total. The van der Waals surface area contributed by atoms with Gasteiger partial charge in [-0.15, -0.1) is 0 Å². The SMILES string of the molecule is COc1ccc(S(=O)(=O)NC(=O)[C@]23CCC(C)(C)C[C@H]2C2=CC[C@@H]4[C@@]5(C)Cc6c([nH]c7c(C(=O)O)cccc67)C(C)(C)[C@@H]5CC[C@@]4(C)[C@]2(C)CC3)cc1. The number of amides is 1. The number of hydrogen-bond acceptors (Lipinski definition) is 5. The molecule has 1 aromatic heterocycles. The van der Waals surface area contributed by atoms with Crippen LogP contribution in [0.4, 0.5) is 0 Å². The van der Waals surface area contributed by atoms with Crippen molar-refractivity contribution in [2.75, 3.05) is 7.11 Å². The van der Waals surface area contributed by atoms with Crippen molar-refractivity contribution in [2.24, 2.45) is 44.8 Å². The molecular formula is C44H56N2O6S. The summed E-state index contributed by atoms with van der Waals surface area (Å²) in [4.78, 5) is 30.6. The smallest absolute Gasteiger partial charge is 0.337 e. The Morgan fingerprint density at radius 1 is 0.906 bits per heavy atom. The number of para-hydroxylation sites is 1. The summed E-state index contributed by atoms with van der Waals surface area (Å²) in [7, 11) is -2.54. The van der Waals surface area contributed by atoms with E-state index in [1.54, 1.807) is 18.2 Å². The molecule has 2 aromatic carbocycles. The zero-order valence-electron chi connectivity index (χ0n) is 32.6. The second kappa shape index (κ2) is 11.5. The molecule has 0 spiro atoms. The molecule has 5 aliphatic carbocycles. The molecular weight excluding hydrogens is 685 g/mol. The van der Waals surface area contributed by atoms with Crippen molar-refractivity contribution in [3.8, 4) is 5.75 Å². The summed E-state index contributed by atoms with van der Waals surface area (Å²) in [6, 6.07) is 11.9. The first kappa shape index (κ1) is 36.4. The third-order valence-corrected chi connectivity index (χ3v) is 17.5. The first-order valence-corrected chi connectivity index (χ1v) is 21.0. The summed E-state index contributed by atoms with van der Waals surface area (Å²) in [6.45, 7) is 16.8. The number of nitrogens with one attached hydrogen (secondary N) is 2. The molecule has 284 valence electrons. The van der Waals surface area contributed by atoms with E-state index < -0.39 is 21.4 Å². The maximum Gasteiger partial charge on any atom is 0.337 e. The van der Waals surface area contributed by atoms with Gasteiger partial charge in [-0.3, -0.25) is 4.79 Å². The summed E-state index contributed by atoms with van der Waals surface area (Å²) in [5, 5.41) is 11.1. The van der Waals surface area contributed by atoms with Gasteiger partial charge in [0.15, 0.2) is 0 Å². The number of carbonyl (C=O) groups excluding carboxylic acids is 1. The topological polar surface area (TPSA) is 126 Å². The van der Waals surface area contributed by atoms with Gasteiger partial charge >= 0.3 is 5.97 Å². The van der Waals surface area contributed by atoms with Gasteiger partial charge in [0, 0.05) is 16.5 Å². The number of carboxylic acids is 1. The Balaban J connectivity index is 1.19. The number of aromatic nitrogens is 1. The summed E-state index contributed by atoms with van der Waals surface area (Å²) in [6.07, 6.45) is 10.3. The Morgan fingerprint density at radius 3 is 2.28 bits per heavy atom. The molecule has 8 rings (SSSR count). The zero-order chi connectivity index (χ0) is 38.1. The molecule has 8 nitrogen and oxygen atoms in total. The summed E-state index contributed by atoms with van der Waals surface area (Å²) in [5.74, 6) is 0.0343. The van der Waals surface area contributed by atoms with Crippen LogP contribution >= 0.6 is 0 Å². The molecule has 1 amide bonds. The van der Waals surface area contributed by atoms with Crippen molar-refractivity contribution in [1.29, 1.82) is 0 Å². The first-order valence-electron chi connectivity index (χ1n) is 19.5. The third kappa shape index (κ3) is 4.93. The summed E-state index contributed by atoms with van der Waals surface area (Å²) < 4.78 is 35.2. The van der Waals surface area contributed by atoms with Gasteiger partial charge in [0.1, 0.15) is 5.75 Å². The molecule has 0 bridgehead atoms. The number of aromatic carboxylic acids is 1. The predicted molar refractivity (Wildman–Crippen MR) is 206 cm³/mol. The molecule has 1 heterocycles. The molecule has 0 saturated heterocycles. The van der Waals surface area contributed by atoms with E-state index in [0.717, 1.165) is 55.8 Å². The second-order valence-corrected chi connectivity index (χ2v) is 21.1. The lowest BCUT2D eigenvalue weighted by Gasteiger charge is -2.70. The number of hydrogen-bond donors (Lipinski definition) is 3. The average molecular weight is 741 g/mol. The normalized spacial score (nSPS) is 35.4. The minimum atomic E-state index is -4.08. The number of carboxylic acid groups (broad SMARTS) is 1. The number of benzene rings is 2. The van der Waals surface area contributed by atoms with Crippen molar-refractivity contribution in [3.05, 3.63) is 70.9 Å². The van der Waals surface area contributed by atoms with Gasteiger partial charge in [-0.05, 0) is 133 Å². The minimum Gasteiger partial charge on any atom is -0.497 e. The minimum absolute atomic E-state index is 0.0255. The van der Waals surface area contributed by atoms with Crippen molar-refractivity contribution < 1.29 is 27.9 Å². The van der Waals surface area contributed by atoms with E-state index in [4.69, 9.17) is 4.74 Å². The van der Waals surface area contributed by atoms with Crippen LogP contribution in [-0.4, -0.2) is 37.5 Å². The van der Waals surface area contributed by atoms with Crippen molar-refractivity contribution in [1.82, 2.24) is 9.71 Å². The molecule has 3 fully saturated rings. The summed E-state index contributed by atoms with van der Waals surface area (Å²) in [5.41, 5.74) is 3.73. The largest absolute Gasteiger partial charge is 0.497 e. The lowest BCUT2D eigenvalue weighted by atomic mass is 9.33. The van der Waals surface area contributed by atoms with E-state index in [2.05, 4.69) is 70.3 Å². The fourth-order valence-electron chi connectivity index (χ4n) is 13.2. The molecule has 5 aliphatic rings. The number of aromatic amines is 1. The Labute approximate surface area is 314 Å². The highest BCUT2D eigenvalue weighted by Crippen LogP contribution is 2.75. The van der Waals surface area contributed by atoms with Crippen molar-refractivity contribution >= 4 is 32.8 Å². The van der Waals surface area contributed by atoms with Crippen LogP contribution in [0, 0.1) is 44.8 Å². The maximum absolute atomic E-state index is 14.6. The monoisotopic (exact) mass is 740 g/mol. The predicted octanol–water partition coefficient (Wildman–Crippen LogP) is 9.20. The summed E-state index contributed by atoms with van der Waals surface area (Å²) >= 11 is 0. The third-order valence-electron chi connectivity index (χ3n) is 16.2. The van der Waals surface area contributed by atoms with E-state index in [1.165, 1.54) is 36.1 Å². The molecule has 7 atom stereocenters. The lowest BCUT2D eigenvalue weighted by molar-refractivity contribution is -0.166. The van der Waals surface area contributed by atoms with Crippen LogP contribution in [-0.2, 0) is 26.7 Å². The van der Waals surface area contributed by atoms with Crippen molar-refractivity contribution in [2.45, 2.75) is 117 Å². The number of methoxy groups -OCH3 is 1. The molecule has 0 aliphatic heterocycles. The highest BCUT2D eigenvalue weighted by atomic mass is 32.2. The molecule has 9 heteroatoms. The van der Waals surface area contributed by atoms with Crippen LogP contribution in [0.15, 0.2) is 59.0 Å². The van der Waals surface area contributed by atoms with Gasteiger partial charge in [0.05, 0.1) is 28.5 Å². The second-order valence-electron chi connectivity index (χ2n) is 19.4. The zero-order valence-corrected chi connectivity index (χ0v) is 33.4. The molecule has 3 aromatic rings. The van der Waals surface area contributed by atoms with E-state index in [9.17, 15) is 23.1 Å². The Bertz CT molecular complexity index is 2180. The number of sulfonamides is 1. The van der Waals surface area contributed by atoms with Crippen LogP contribution in [0.5, 0.6) is 5.75 Å². The van der Waals surface area contributed by atoms with Gasteiger partial charge in [0.2, 0.25) is 5.91 Å². The van der Waals surface area contributed by atoms with Crippen LogP contribution in [0.3, 0.4) is 0 Å². The van der Waals surface area contributed by atoms with Crippen LogP contribution in [0.1, 0.15) is 121 Å². The number of fused-ring (bicyclic) bond motifs is 10. The van der Waals surface area contributed by atoms with E-state index in [-0.39, 0.29) is 43.8 Å². The first-order chi connectivity index (χ1) is 24.7. The van der Waals surface area contributed by atoms with E-state index >= 15 is 0 Å². The van der Waals surface area contributed by atoms with Gasteiger partial charge in [-0.25, -0.2) is 17.9 Å². The van der Waals surface area contributed by atoms with Gasteiger partial charge in [-0.2, -0.15) is 0 Å². The quantitative estimate of drug-likeness (QED) is 0.224. The number of rotatable bonds is 5. The highest BCUT2D eigenvalue weighted by molar-refractivity contribution is 7.90. The van der Waals surface area contributed by atoms with Crippen LogP contribution in [0.25, 0.3) is 10.9 Å².